The maximum absolute atomic E-state index is 12.8. The molecule has 1 unspecified atom stereocenters. The number of hydrogen-bond donors (Lipinski definition) is 0. The van der Waals surface area contributed by atoms with Gasteiger partial charge in [-0.05, 0) is 39.0 Å². The van der Waals surface area contributed by atoms with Crippen molar-refractivity contribution in [3.63, 3.8) is 0 Å². The first-order chi connectivity index (χ1) is 10.6. The molecule has 0 aliphatic carbocycles. The van der Waals surface area contributed by atoms with Gasteiger partial charge in [-0.1, -0.05) is 0 Å². The van der Waals surface area contributed by atoms with Crippen molar-refractivity contribution in [2.24, 2.45) is 0 Å². The van der Waals surface area contributed by atoms with Gasteiger partial charge >= 0.3 is 0 Å². The molecule has 0 aromatic carbocycles. The van der Waals surface area contributed by atoms with Crippen LogP contribution in [-0.4, -0.2) is 41.2 Å². The summed E-state index contributed by atoms with van der Waals surface area (Å²) >= 11 is 0. The lowest BCUT2D eigenvalue weighted by Gasteiger charge is -2.31. The Balaban J connectivity index is 1.83. The number of morpholine rings is 1. The molecular weight excluding hydrogens is 280 g/mol. The number of aryl methyl sites for hydroxylation is 1. The predicted molar refractivity (Wildman–Crippen MR) is 83.0 cm³/mol. The van der Waals surface area contributed by atoms with E-state index in [1.165, 1.54) is 0 Å². The van der Waals surface area contributed by atoms with Crippen molar-refractivity contribution in [3.05, 3.63) is 47.2 Å². The second-order valence-electron chi connectivity index (χ2n) is 5.88. The third-order valence-corrected chi connectivity index (χ3v) is 4.23. The van der Waals surface area contributed by atoms with Gasteiger partial charge in [0.1, 0.15) is 5.76 Å². The molecule has 0 bridgehead atoms. The summed E-state index contributed by atoms with van der Waals surface area (Å²) in [6, 6.07) is 5.80. The second kappa shape index (κ2) is 6.01. The molecule has 2 aromatic heterocycles. The van der Waals surface area contributed by atoms with Crippen molar-refractivity contribution in [2.45, 2.75) is 33.4 Å². The molecule has 1 aliphatic heterocycles. The molecule has 0 spiro atoms. The molecule has 3 rings (SSSR count). The van der Waals surface area contributed by atoms with Gasteiger partial charge in [0, 0.05) is 24.5 Å². The van der Waals surface area contributed by atoms with Gasteiger partial charge in [0.2, 0.25) is 0 Å². The van der Waals surface area contributed by atoms with Gasteiger partial charge in [0.15, 0.2) is 0 Å². The van der Waals surface area contributed by atoms with Crippen LogP contribution in [0, 0.1) is 13.8 Å². The Morgan fingerprint density at radius 3 is 2.91 bits per heavy atom. The topological polar surface area (TPSA) is 47.6 Å². The van der Waals surface area contributed by atoms with Crippen LogP contribution in [0.3, 0.4) is 0 Å². The van der Waals surface area contributed by atoms with Gasteiger partial charge in [0.05, 0.1) is 31.1 Å². The molecule has 0 saturated carbocycles. The van der Waals surface area contributed by atoms with E-state index in [1.807, 2.05) is 43.9 Å². The molecule has 118 valence electrons. The Morgan fingerprint density at radius 2 is 2.23 bits per heavy atom. The van der Waals surface area contributed by atoms with Gasteiger partial charge in [-0.3, -0.25) is 4.79 Å². The van der Waals surface area contributed by atoms with E-state index in [1.54, 1.807) is 6.26 Å². The first kappa shape index (κ1) is 14.9. The van der Waals surface area contributed by atoms with Crippen LogP contribution in [0.25, 0.3) is 0 Å². The van der Waals surface area contributed by atoms with Crippen molar-refractivity contribution in [1.29, 1.82) is 0 Å². The molecule has 1 aliphatic rings. The summed E-state index contributed by atoms with van der Waals surface area (Å²) in [7, 11) is 0. The highest BCUT2D eigenvalue weighted by Gasteiger charge is 2.25. The Bertz CT molecular complexity index is 658. The lowest BCUT2D eigenvalue weighted by atomic mass is 10.2. The third-order valence-electron chi connectivity index (χ3n) is 4.23. The Labute approximate surface area is 130 Å². The third kappa shape index (κ3) is 2.81. The van der Waals surface area contributed by atoms with E-state index < -0.39 is 0 Å². The summed E-state index contributed by atoms with van der Waals surface area (Å²) in [5, 5.41) is 0. The average molecular weight is 302 g/mol. The van der Waals surface area contributed by atoms with E-state index in [9.17, 15) is 4.79 Å². The van der Waals surface area contributed by atoms with E-state index >= 15 is 0 Å². The molecule has 1 fully saturated rings. The van der Waals surface area contributed by atoms with Crippen molar-refractivity contribution < 1.29 is 13.9 Å². The lowest BCUT2D eigenvalue weighted by Crippen LogP contribution is -2.44. The number of rotatable bonds is 3. The fourth-order valence-electron chi connectivity index (χ4n) is 2.99. The molecule has 1 saturated heterocycles. The fourth-order valence-corrected chi connectivity index (χ4v) is 2.99. The molecule has 0 N–H and O–H groups in total. The number of aromatic nitrogens is 1. The zero-order chi connectivity index (χ0) is 15.7. The van der Waals surface area contributed by atoms with Crippen molar-refractivity contribution >= 4 is 5.91 Å². The first-order valence-electron chi connectivity index (χ1n) is 7.66. The highest BCUT2D eigenvalue weighted by atomic mass is 16.5. The minimum atomic E-state index is 0.0916. The molecular formula is C17H22N2O3. The predicted octanol–water partition coefficient (Wildman–Crippen LogP) is 2.61. The number of carbonyl (C=O) groups is 1. The molecule has 2 aromatic rings. The smallest absolute Gasteiger partial charge is 0.255 e. The van der Waals surface area contributed by atoms with Crippen LogP contribution in [0.4, 0.5) is 0 Å². The number of hydrogen-bond acceptors (Lipinski definition) is 3. The molecule has 0 radical (unpaired) electrons. The summed E-state index contributed by atoms with van der Waals surface area (Å²) in [6.07, 6.45) is 1.77. The normalized spacial score (nSPS) is 18.7. The highest BCUT2D eigenvalue weighted by Crippen LogP contribution is 2.20. The summed E-state index contributed by atoms with van der Waals surface area (Å²) < 4.78 is 13.0. The van der Waals surface area contributed by atoms with Crippen LogP contribution in [0.15, 0.2) is 28.9 Å². The first-order valence-corrected chi connectivity index (χ1v) is 7.66. The fraction of sp³-hybridized carbons (Fsp3) is 0.471. The maximum Gasteiger partial charge on any atom is 0.255 e. The number of amides is 1. The standard InChI is InChI=1S/C17H22N2O3/c1-12-9-16(17(20)18-6-8-21-13(2)10-18)14(3)19(12)11-15-5-4-7-22-15/h4-5,7,9,13H,6,8,10-11H2,1-3H3. The van der Waals surface area contributed by atoms with Crippen LogP contribution in [-0.2, 0) is 11.3 Å². The Hall–Kier alpha value is -2.01. The SMILES string of the molecule is Cc1cc(C(=O)N2CCOC(C)C2)c(C)n1Cc1ccco1. The summed E-state index contributed by atoms with van der Waals surface area (Å²) in [4.78, 5) is 14.6. The van der Waals surface area contributed by atoms with Gasteiger partial charge in [0.25, 0.3) is 5.91 Å². The lowest BCUT2D eigenvalue weighted by molar-refractivity contribution is -0.0124. The van der Waals surface area contributed by atoms with Crippen LogP contribution in [0.1, 0.15) is 34.4 Å². The van der Waals surface area contributed by atoms with E-state index in [2.05, 4.69) is 4.57 Å². The monoisotopic (exact) mass is 302 g/mol. The van der Waals surface area contributed by atoms with Gasteiger partial charge in [-0.25, -0.2) is 0 Å². The second-order valence-corrected chi connectivity index (χ2v) is 5.88. The van der Waals surface area contributed by atoms with E-state index in [0.717, 1.165) is 22.7 Å². The van der Waals surface area contributed by atoms with E-state index in [0.29, 0.717) is 26.2 Å². The van der Waals surface area contributed by atoms with Crippen LogP contribution >= 0.6 is 0 Å². The maximum atomic E-state index is 12.8. The van der Waals surface area contributed by atoms with E-state index in [4.69, 9.17) is 9.15 Å². The zero-order valence-corrected chi connectivity index (χ0v) is 13.3. The molecule has 1 amide bonds. The largest absolute Gasteiger partial charge is 0.467 e. The van der Waals surface area contributed by atoms with Crippen molar-refractivity contribution in [3.8, 4) is 0 Å². The highest BCUT2D eigenvalue weighted by molar-refractivity contribution is 5.95. The quantitative estimate of drug-likeness (QED) is 0.875. The van der Waals surface area contributed by atoms with E-state index in [-0.39, 0.29) is 12.0 Å². The number of furan rings is 1. The number of ether oxygens (including phenoxy) is 1. The average Bonchev–Trinajstić information content (AvgIpc) is 3.10. The Morgan fingerprint density at radius 1 is 1.41 bits per heavy atom. The van der Waals surface area contributed by atoms with Crippen molar-refractivity contribution in [2.75, 3.05) is 19.7 Å². The molecule has 22 heavy (non-hydrogen) atoms. The zero-order valence-electron chi connectivity index (χ0n) is 13.3. The molecule has 1 atom stereocenters. The van der Waals surface area contributed by atoms with Crippen LogP contribution in [0.5, 0.6) is 0 Å². The number of carbonyl (C=O) groups excluding carboxylic acids is 1. The molecule has 5 nitrogen and oxygen atoms in total. The minimum absolute atomic E-state index is 0.0916. The summed E-state index contributed by atoms with van der Waals surface area (Å²) in [5.41, 5.74) is 2.83. The molecule has 5 heteroatoms. The van der Waals surface area contributed by atoms with Gasteiger partial charge < -0.3 is 18.6 Å². The van der Waals surface area contributed by atoms with Gasteiger partial charge in [-0.2, -0.15) is 0 Å². The van der Waals surface area contributed by atoms with Crippen LogP contribution < -0.4 is 0 Å². The van der Waals surface area contributed by atoms with Gasteiger partial charge in [-0.15, -0.1) is 0 Å². The van der Waals surface area contributed by atoms with Crippen molar-refractivity contribution in [1.82, 2.24) is 9.47 Å². The number of nitrogens with zero attached hydrogens (tertiary/aromatic N) is 2. The summed E-state index contributed by atoms with van der Waals surface area (Å²) in [6.45, 7) is 8.59. The Kier molecular flexibility index (Phi) is 4.07. The minimum Gasteiger partial charge on any atom is -0.467 e. The van der Waals surface area contributed by atoms with Crippen LogP contribution in [0.2, 0.25) is 0 Å². The summed E-state index contributed by atoms with van der Waals surface area (Å²) in [5.74, 6) is 0.981. The molecule has 3 heterocycles.